The number of hydrogen-bond acceptors (Lipinski definition) is 5. The van der Waals surface area contributed by atoms with Crippen LogP contribution in [0.15, 0.2) is 36.5 Å². The zero-order valence-electron chi connectivity index (χ0n) is 21.4. The van der Waals surface area contributed by atoms with E-state index in [-0.39, 0.29) is 23.7 Å². The van der Waals surface area contributed by atoms with Gasteiger partial charge in [-0.1, -0.05) is 26.0 Å². The Kier molecular flexibility index (Phi) is 5.75. The van der Waals surface area contributed by atoms with E-state index in [1.54, 1.807) is 12.3 Å². The lowest BCUT2D eigenvalue weighted by atomic mass is 9.90. The first-order valence-corrected chi connectivity index (χ1v) is 12.8. The average molecular weight is 502 g/mol. The predicted octanol–water partition coefficient (Wildman–Crippen LogP) is 3.93. The van der Waals surface area contributed by atoms with Crippen molar-refractivity contribution in [2.24, 2.45) is 12.5 Å². The molecule has 1 aliphatic carbocycles. The maximum absolute atomic E-state index is 15.2. The number of carbonyl (C=O) groups is 1. The van der Waals surface area contributed by atoms with Gasteiger partial charge in [-0.25, -0.2) is 9.37 Å². The van der Waals surface area contributed by atoms with E-state index >= 15 is 4.39 Å². The molecule has 192 valence electrons. The van der Waals surface area contributed by atoms with Crippen molar-refractivity contribution < 1.29 is 9.18 Å². The molecule has 0 radical (unpaired) electrons. The van der Waals surface area contributed by atoms with Crippen LogP contribution in [0.3, 0.4) is 0 Å². The Morgan fingerprint density at radius 1 is 1.24 bits per heavy atom. The smallest absolute Gasteiger partial charge is 0.268 e. The Balaban J connectivity index is 1.20. The second kappa shape index (κ2) is 8.99. The molecule has 1 aromatic carbocycles. The fraction of sp³-hybridized carbons (Fsp3) is 0.393. The number of pyridine rings is 1. The van der Waals surface area contributed by atoms with E-state index in [1.807, 2.05) is 29.8 Å². The van der Waals surface area contributed by atoms with E-state index < -0.39 is 0 Å². The van der Waals surface area contributed by atoms with E-state index in [0.29, 0.717) is 22.9 Å². The van der Waals surface area contributed by atoms with Crippen molar-refractivity contribution in [2.45, 2.75) is 45.7 Å². The van der Waals surface area contributed by atoms with Gasteiger partial charge in [0.1, 0.15) is 11.5 Å². The van der Waals surface area contributed by atoms with E-state index in [0.717, 1.165) is 54.7 Å². The SMILES string of the molecule is Cn1c(C(=O)NCc2ccc(-c3ccnc4[nH]nc(N[C@@H]5CCNC5)c34)cc2F)cc2c1CC(C)(C)C2. The fourth-order valence-corrected chi connectivity index (χ4v) is 5.73. The van der Waals surface area contributed by atoms with Gasteiger partial charge in [-0.3, -0.25) is 9.89 Å². The van der Waals surface area contributed by atoms with Crippen molar-refractivity contribution in [1.82, 2.24) is 30.4 Å². The first-order valence-electron chi connectivity index (χ1n) is 12.8. The molecule has 4 aromatic rings. The second-order valence-electron chi connectivity index (χ2n) is 11.1. The number of benzene rings is 1. The van der Waals surface area contributed by atoms with E-state index in [2.05, 4.69) is 45.0 Å². The van der Waals surface area contributed by atoms with Crippen LogP contribution in [0.1, 0.15) is 47.6 Å². The summed E-state index contributed by atoms with van der Waals surface area (Å²) in [6.07, 6.45) is 4.63. The summed E-state index contributed by atoms with van der Waals surface area (Å²) in [7, 11) is 1.93. The number of carbonyl (C=O) groups excluding carboxylic acids is 1. The molecule has 6 rings (SSSR count). The molecule has 37 heavy (non-hydrogen) atoms. The third-order valence-electron chi connectivity index (χ3n) is 7.66. The fourth-order valence-electron chi connectivity index (χ4n) is 5.73. The highest BCUT2D eigenvalue weighted by atomic mass is 19.1. The van der Waals surface area contributed by atoms with Crippen LogP contribution in [-0.4, -0.2) is 44.8 Å². The second-order valence-corrected chi connectivity index (χ2v) is 11.1. The molecule has 2 aliphatic rings. The lowest BCUT2D eigenvalue weighted by Crippen LogP contribution is -2.26. The van der Waals surface area contributed by atoms with Crippen LogP contribution in [0.5, 0.6) is 0 Å². The molecule has 4 heterocycles. The van der Waals surface area contributed by atoms with Gasteiger partial charge in [0.05, 0.1) is 5.39 Å². The summed E-state index contributed by atoms with van der Waals surface area (Å²) >= 11 is 0. The zero-order valence-corrected chi connectivity index (χ0v) is 21.4. The monoisotopic (exact) mass is 501 g/mol. The van der Waals surface area contributed by atoms with Crippen molar-refractivity contribution in [3.8, 4) is 11.1 Å². The summed E-state index contributed by atoms with van der Waals surface area (Å²) in [6.45, 7) is 6.45. The van der Waals surface area contributed by atoms with Crippen LogP contribution >= 0.6 is 0 Å². The molecule has 0 spiro atoms. The van der Waals surface area contributed by atoms with Gasteiger partial charge in [-0.05, 0) is 66.1 Å². The molecule has 1 amide bonds. The van der Waals surface area contributed by atoms with Gasteiger partial charge in [-0.2, -0.15) is 5.10 Å². The molecule has 0 unspecified atom stereocenters. The van der Waals surface area contributed by atoms with Crippen LogP contribution < -0.4 is 16.0 Å². The highest BCUT2D eigenvalue weighted by Crippen LogP contribution is 2.37. The van der Waals surface area contributed by atoms with Crippen LogP contribution in [0.4, 0.5) is 10.2 Å². The van der Waals surface area contributed by atoms with E-state index in [9.17, 15) is 4.79 Å². The highest BCUT2D eigenvalue weighted by molar-refractivity contribution is 6.00. The van der Waals surface area contributed by atoms with Gasteiger partial charge >= 0.3 is 0 Å². The molecular weight excluding hydrogens is 469 g/mol. The summed E-state index contributed by atoms with van der Waals surface area (Å²) in [5.74, 6) is 0.169. The van der Waals surface area contributed by atoms with Gasteiger partial charge < -0.3 is 20.5 Å². The summed E-state index contributed by atoms with van der Waals surface area (Å²) < 4.78 is 17.2. The standard InChI is InChI=1S/C28H32FN7O/c1-28(2)12-18-11-22(36(3)23(18)13-28)27(37)32-14-17-5-4-16(10-21(17)29)20-7-9-31-25-24(20)26(35-34-25)33-19-6-8-30-15-19/h4-5,7,9-11,19,30H,6,8,12-15H2,1-3H3,(H,32,37)(H2,31,33,34,35)/t19-/m1/s1. The number of halogens is 1. The van der Waals surface area contributed by atoms with Crippen LogP contribution in [0.25, 0.3) is 22.2 Å². The Hall–Kier alpha value is -3.72. The summed E-state index contributed by atoms with van der Waals surface area (Å²) in [5.41, 5.74) is 5.96. The van der Waals surface area contributed by atoms with Gasteiger partial charge in [0.15, 0.2) is 11.5 Å². The minimum Gasteiger partial charge on any atom is -0.364 e. The van der Waals surface area contributed by atoms with Gasteiger partial charge in [-0.15, -0.1) is 0 Å². The molecule has 0 bridgehead atoms. The molecule has 1 aliphatic heterocycles. The van der Waals surface area contributed by atoms with Crippen LogP contribution in [0, 0.1) is 11.2 Å². The summed E-state index contributed by atoms with van der Waals surface area (Å²) in [4.78, 5) is 17.3. The van der Waals surface area contributed by atoms with Crippen molar-refractivity contribution >= 4 is 22.8 Å². The van der Waals surface area contributed by atoms with Crippen molar-refractivity contribution in [2.75, 3.05) is 18.4 Å². The number of nitrogens with one attached hydrogen (secondary N) is 4. The van der Waals surface area contributed by atoms with Crippen molar-refractivity contribution in [3.05, 3.63) is 64.9 Å². The molecule has 0 saturated carbocycles. The number of aromatic amines is 1. The Bertz CT molecular complexity index is 1500. The number of rotatable bonds is 6. The maximum atomic E-state index is 15.2. The quantitative estimate of drug-likeness (QED) is 0.321. The molecule has 8 nitrogen and oxygen atoms in total. The number of amides is 1. The number of fused-ring (bicyclic) bond motifs is 2. The zero-order chi connectivity index (χ0) is 25.7. The lowest BCUT2D eigenvalue weighted by molar-refractivity contribution is 0.0941. The molecular formula is C28H32FN7O. The number of nitrogens with zero attached hydrogens (tertiary/aromatic N) is 3. The van der Waals surface area contributed by atoms with E-state index in [1.165, 1.54) is 17.3 Å². The first kappa shape index (κ1) is 23.7. The molecule has 9 heteroatoms. The third kappa shape index (κ3) is 4.37. The lowest BCUT2D eigenvalue weighted by Gasteiger charge is -2.17. The highest BCUT2D eigenvalue weighted by Gasteiger charge is 2.32. The van der Waals surface area contributed by atoms with E-state index in [4.69, 9.17) is 0 Å². The predicted molar refractivity (Wildman–Crippen MR) is 142 cm³/mol. The van der Waals surface area contributed by atoms with Gasteiger partial charge in [0.2, 0.25) is 0 Å². The minimum absolute atomic E-state index is 0.116. The number of aromatic nitrogens is 4. The molecule has 4 N–H and O–H groups in total. The Labute approximate surface area is 215 Å². The molecule has 1 atom stereocenters. The summed E-state index contributed by atoms with van der Waals surface area (Å²) in [5, 5.41) is 18.0. The number of hydrogen-bond donors (Lipinski definition) is 4. The number of H-pyrrole nitrogens is 1. The Morgan fingerprint density at radius 3 is 2.86 bits per heavy atom. The molecule has 3 aromatic heterocycles. The molecule has 1 saturated heterocycles. The minimum atomic E-state index is -0.364. The number of anilines is 1. The van der Waals surface area contributed by atoms with Crippen molar-refractivity contribution in [3.63, 3.8) is 0 Å². The maximum Gasteiger partial charge on any atom is 0.268 e. The van der Waals surface area contributed by atoms with Gasteiger partial charge in [0, 0.05) is 43.6 Å². The van der Waals surface area contributed by atoms with Crippen LogP contribution in [-0.2, 0) is 26.4 Å². The summed E-state index contributed by atoms with van der Waals surface area (Å²) in [6, 6.07) is 9.28. The largest absolute Gasteiger partial charge is 0.364 e. The van der Waals surface area contributed by atoms with Crippen LogP contribution in [0.2, 0.25) is 0 Å². The average Bonchev–Trinajstić information content (AvgIpc) is 3.64. The van der Waals surface area contributed by atoms with Crippen molar-refractivity contribution in [1.29, 1.82) is 0 Å². The Morgan fingerprint density at radius 2 is 2.11 bits per heavy atom. The molecule has 1 fully saturated rings. The van der Waals surface area contributed by atoms with Gasteiger partial charge in [0.25, 0.3) is 5.91 Å². The topological polar surface area (TPSA) is 99.7 Å². The first-order chi connectivity index (χ1) is 17.8. The normalized spacial score (nSPS) is 18.3. The third-order valence-corrected chi connectivity index (χ3v) is 7.66.